The summed E-state index contributed by atoms with van der Waals surface area (Å²) in [5.74, 6) is 0.835. The first-order valence-corrected chi connectivity index (χ1v) is 4.82. The Morgan fingerprint density at radius 1 is 1.40 bits per heavy atom. The molecule has 0 fully saturated rings. The zero-order chi connectivity index (χ0) is 10.8. The predicted molar refractivity (Wildman–Crippen MR) is 59.2 cm³/mol. The van der Waals surface area contributed by atoms with Crippen LogP contribution in [0.3, 0.4) is 0 Å². The van der Waals surface area contributed by atoms with Crippen LogP contribution in [0.1, 0.15) is 5.69 Å². The minimum absolute atomic E-state index is 0.452. The quantitative estimate of drug-likeness (QED) is 0.714. The van der Waals surface area contributed by atoms with E-state index in [9.17, 15) is 4.79 Å². The molecule has 1 heterocycles. The Kier molecular flexibility index (Phi) is 2.46. The third-order valence-electron chi connectivity index (χ3n) is 2.64. The van der Waals surface area contributed by atoms with Gasteiger partial charge in [-0.2, -0.15) is 0 Å². The van der Waals surface area contributed by atoms with E-state index in [1.165, 1.54) is 0 Å². The van der Waals surface area contributed by atoms with Gasteiger partial charge in [-0.25, -0.2) is 0 Å². The van der Waals surface area contributed by atoms with Crippen molar-refractivity contribution < 1.29 is 9.53 Å². The molecule has 1 aromatic carbocycles. The van der Waals surface area contributed by atoms with Crippen molar-refractivity contribution in [2.45, 2.75) is 6.42 Å². The Morgan fingerprint density at radius 3 is 2.87 bits per heavy atom. The molecule has 3 heteroatoms. The maximum Gasteiger partial charge on any atom is 0.125 e. The van der Waals surface area contributed by atoms with Crippen LogP contribution >= 0.6 is 0 Å². The summed E-state index contributed by atoms with van der Waals surface area (Å²) in [6.45, 7) is 0. The molecule has 0 aliphatic heterocycles. The Morgan fingerprint density at radius 2 is 2.20 bits per heavy atom. The second kappa shape index (κ2) is 3.77. The van der Waals surface area contributed by atoms with Gasteiger partial charge >= 0.3 is 0 Å². The van der Waals surface area contributed by atoms with E-state index in [0.717, 1.165) is 28.6 Å². The molecule has 0 radical (unpaired) electrons. The van der Waals surface area contributed by atoms with Gasteiger partial charge in [-0.05, 0) is 18.2 Å². The van der Waals surface area contributed by atoms with Crippen molar-refractivity contribution >= 4 is 17.2 Å². The minimum Gasteiger partial charge on any atom is -0.497 e. The summed E-state index contributed by atoms with van der Waals surface area (Å²) in [6, 6.07) is 7.93. The first-order valence-electron chi connectivity index (χ1n) is 4.82. The van der Waals surface area contributed by atoms with Gasteiger partial charge in [0, 0.05) is 30.6 Å². The number of fused-ring (bicyclic) bond motifs is 1. The number of methoxy groups -OCH3 is 1. The summed E-state index contributed by atoms with van der Waals surface area (Å²) < 4.78 is 7.18. The van der Waals surface area contributed by atoms with Gasteiger partial charge in [0.05, 0.1) is 12.6 Å². The Hall–Kier alpha value is -1.77. The SMILES string of the molecule is COc1ccc2cc(CC=O)n(C)c2c1. The van der Waals surface area contributed by atoms with E-state index in [2.05, 4.69) is 0 Å². The van der Waals surface area contributed by atoms with Crippen molar-refractivity contribution in [2.75, 3.05) is 7.11 Å². The van der Waals surface area contributed by atoms with E-state index < -0.39 is 0 Å². The second-order valence-corrected chi connectivity index (χ2v) is 3.49. The molecule has 0 aliphatic rings. The molecule has 0 saturated carbocycles. The van der Waals surface area contributed by atoms with E-state index in [0.29, 0.717) is 6.42 Å². The minimum atomic E-state index is 0.452. The highest BCUT2D eigenvalue weighted by Crippen LogP contribution is 2.23. The second-order valence-electron chi connectivity index (χ2n) is 3.49. The molecule has 78 valence electrons. The lowest BCUT2D eigenvalue weighted by atomic mass is 10.2. The van der Waals surface area contributed by atoms with E-state index >= 15 is 0 Å². The first kappa shape index (κ1) is 9.77. The van der Waals surface area contributed by atoms with Gasteiger partial charge in [0.2, 0.25) is 0 Å². The van der Waals surface area contributed by atoms with E-state index in [4.69, 9.17) is 4.74 Å². The third kappa shape index (κ3) is 1.61. The summed E-state index contributed by atoms with van der Waals surface area (Å²) in [4.78, 5) is 10.5. The van der Waals surface area contributed by atoms with Gasteiger partial charge in [-0.1, -0.05) is 0 Å². The van der Waals surface area contributed by atoms with Crippen LogP contribution in [0.2, 0.25) is 0 Å². The lowest BCUT2D eigenvalue weighted by Crippen LogP contribution is -1.96. The maximum atomic E-state index is 10.5. The van der Waals surface area contributed by atoms with Crippen molar-refractivity contribution in [3.05, 3.63) is 30.0 Å². The number of carbonyl (C=O) groups excluding carboxylic acids is 1. The van der Waals surface area contributed by atoms with Crippen molar-refractivity contribution in [1.29, 1.82) is 0 Å². The Labute approximate surface area is 88.3 Å². The number of nitrogens with zero attached hydrogens (tertiary/aromatic N) is 1. The average molecular weight is 203 g/mol. The number of hydrogen-bond donors (Lipinski definition) is 0. The predicted octanol–water partition coefficient (Wildman–Crippen LogP) is 1.93. The van der Waals surface area contributed by atoms with Gasteiger partial charge in [0.15, 0.2) is 0 Å². The number of hydrogen-bond acceptors (Lipinski definition) is 2. The summed E-state index contributed by atoms with van der Waals surface area (Å²) in [7, 11) is 3.61. The van der Waals surface area contributed by atoms with Gasteiger partial charge < -0.3 is 14.1 Å². The van der Waals surface area contributed by atoms with E-state index in [1.54, 1.807) is 7.11 Å². The van der Waals surface area contributed by atoms with Crippen LogP contribution in [-0.4, -0.2) is 18.0 Å². The molecule has 15 heavy (non-hydrogen) atoms. The monoisotopic (exact) mass is 203 g/mol. The molecule has 2 aromatic rings. The van der Waals surface area contributed by atoms with Crippen LogP contribution in [0.15, 0.2) is 24.3 Å². The molecule has 0 bridgehead atoms. The van der Waals surface area contributed by atoms with Gasteiger partial charge in [-0.15, -0.1) is 0 Å². The Balaban J connectivity index is 2.60. The molecule has 0 unspecified atom stereocenters. The zero-order valence-corrected chi connectivity index (χ0v) is 8.86. The van der Waals surface area contributed by atoms with Gasteiger partial charge in [0.1, 0.15) is 12.0 Å². The highest BCUT2D eigenvalue weighted by molar-refractivity contribution is 5.83. The third-order valence-corrected chi connectivity index (χ3v) is 2.64. The zero-order valence-electron chi connectivity index (χ0n) is 8.86. The number of ether oxygens (including phenoxy) is 1. The largest absolute Gasteiger partial charge is 0.497 e. The summed E-state index contributed by atoms with van der Waals surface area (Å²) in [5, 5.41) is 1.13. The maximum absolute atomic E-state index is 10.5. The summed E-state index contributed by atoms with van der Waals surface area (Å²) in [5.41, 5.74) is 2.11. The highest BCUT2D eigenvalue weighted by Gasteiger charge is 2.05. The van der Waals surface area contributed by atoms with Crippen molar-refractivity contribution in [3.63, 3.8) is 0 Å². The first-order chi connectivity index (χ1) is 7.26. The smallest absolute Gasteiger partial charge is 0.125 e. The van der Waals surface area contributed by atoms with Crippen molar-refractivity contribution in [2.24, 2.45) is 7.05 Å². The average Bonchev–Trinajstić information content (AvgIpc) is 2.56. The fourth-order valence-corrected chi connectivity index (χ4v) is 1.78. The molecule has 0 amide bonds. The number of aryl methyl sites for hydroxylation is 1. The molecular weight excluding hydrogens is 190 g/mol. The molecular formula is C12H13NO2. The van der Waals surface area contributed by atoms with Crippen LogP contribution in [0, 0.1) is 0 Å². The molecule has 2 rings (SSSR count). The van der Waals surface area contributed by atoms with Crippen LogP contribution in [0.5, 0.6) is 5.75 Å². The Bertz CT molecular complexity index is 500. The van der Waals surface area contributed by atoms with Gasteiger partial charge in [-0.3, -0.25) is 0 Å². The number of aromatic nitrogens is 1. The molecule has 0 saturated heterocycles. The molecule has 3 nitrogen and oxygen atoms in total. The van der Waals surface area contributed by atoms with Crippen LogP contribution in [0.25, 0.3) is 10.9 Å². The molecule has 0 spiro atoms. The molecule has 0 aliphatic carbocycles. The number of carbonyl (C=O) groups is 1. The molecule has 1 aromatic heterocycles. The number of rotatable bonds is 3. The lowest BCUT2D eigenvalue weighted by Gasteiger charge is -2.02. The van der Waals surface area contributed by atoms with Crippen molar-refractivity contribution in [3.8, 4) is 5.75 Å². The number of benzene rings is 1. The lowest BCUT2D eigenvalue weighted by molar-refractivity contribution is -0.107. The number of aldehydes is 1. The fourth-order valence-electron chi connectivity index (χ4n) is 1.78. The van der Waals surface area contributed by atoms with Gasteiger partial charge in [0.25, 0.3) is 0 Å². The van der Waals surface area contributed by atoms with E-state index in [1.807, 2.05) is 35.9 Å². The van der Waals surface area contributed by atoms with E-state index in [-0.39, 0.29) is 0 Å². The van der Waals surface area contributed by atoms with Crippen LogP contribution in [-0.2, 0) is 18.3 Å². The molecule has 0 N–H and O–H groups in total. The molecule has 0 atom stereocenters. The van der Waals surface area contributed by atoms with Crippen molar-refractivity contribution in [1.82, 2.24) is 4.57 Å². The van der Waals surface area contributed by atoms with Crippen LogP contribution in [0.4, 0.5) is 0 Å². The topological polar surface area (TPSA) is 31.2 Å². The summed E-state index contributed by atoms with van der Waals surface area (Å²) in [6.07, 6.45) is 1.37. The highest BCUT2D eigenvalue weighted by atomic mass is 16.5. The summed E-state index contributed by atoms with van der Waals surface area (Å²) >= 11 is 0. The normalized spacial score (nSPS) is 10.5. The standard InChI is InChI=1S/C12H13NO2/c1-13-10(5-6-14)7-9-3-4-11(15-2)8-12(9)13/h3-4,6-8H,5H2,1-2H3. The fraction of sp³-hybridized carbons (Fsp3) is 0.250. The van der Waals surface area contributed by atoms with Crippen LogP contribution < -0.4 is 4.74 Å².